The van der Waals surface area contributed by atoms with Crippen LogP contribution in [-0.4, -0.2) is 18.8 Å². The summed E-state index contributed by atoms with van der Waals surface area (Å²) in [7, 11) is 0. The molecule has 0 atom stereocenters. The van der Waals surface area contributed by atoms with Crippen LogP contribution in [0.15, 0.2) is 33.9 Å². The Bertz CT molecular complexity index is 2390. The van der Waals surface area contributed by atoms with E-state index in [0.29, 0.717) is 22.1 Å². The molecule has 0 saturated heterocycles. The van der Waals surface area contributed by atoms with Gasteiger partial charge >= 0.3 is 0 Å². The van der Waals surface area contributed by atoms with Gasteiger partial charge in [0.1, 0.15) is 9.66 Å². The molecule has 0 spiro atoms. The number of thiophene rings is 3. The summed E-state index contributed by atoms with van der Waals surface area (Å²) >= 11 is 5.09. The Morgan fingerprint density at radius 3 is 1.23 bits per heavy atom. The van der Waals surface area contributed by atoms with Gasteiger partial charge in [0.25, 0.3) is 11.1 Å². The van der Waals surface area contributed by atoms with Gasteiger partial charge in [-0.3, -0.25) is 18.4 Å². The van der Waals surface area contributed by atoms with Crippen molar-refractivity contribution in [1.82, 2.24) is 18.8 Å². The SMILES string of the molecule is CCCCCCCCCCCCc1cc2c(nc3c4sc5c6c(ccc(c(=O)n23)c46)c(=O)n2c3cc(CCCCCCCCCCCC)sc3nc52)s1. The molecule has 0 radical (unpaired) electrons. The zero-order chi connectivity index (χ0) is 36.3. The highest BCUT2D eigenvalue weighted by atomic mass is 32.1. The lowest BCUT2D eigenvalue weighted by atomic mass is 10.0. The predicted molar refractivity (Wildman–Crippen MR) is 231 cm³/mol. The summed E-state index contributed by atoms with van der Waals surface area (Å²) in [5.74, 6) is 0. The van der Waals surface area contributed by atoms with Gasteiger partial charge in [-0.15, -0.1) is 34.0 Å². The number of imidazole rings is 2. The number of pyridine rings is 2. The molecule has 0 unspecified atom stereocenters. The maximum absolute atomic E-state index is 14.1. The number of fused-ring (bicyclic) bond motifs is 8. The fourth-order valence-corrected chi connectivity index (χ4v) is 12.0. The number of hydrogen-bond donors (Lipinski definition) is 0. The van der Waals surface area contributed by atoms with E-state index in [4.69, 9.17) is 9.97 Å². The molecule has 0 aliphatic carbocycles. The predicted octanol–water partition coefficient (Wildman–Crippen LogP) is 13.5. The number of nitrogens with zero attached hydrogens (tertiary/aromatic N) is 4. The van der Waals surface area contributed by atoms with E-state index in [1.807, 2.05) is 20.9 Å². The number of benzene rings is 1. The minimum atomic E-state index is -0.0480. The summed E-state index contributed by atoms with van der Waals surface area (Å²) in [5, 5.41) is 3.06. The maximum Gasteiger partial charge on any atom is 0.264 e. The summed E-state index contributed by atoms with van der Waals surface area (Å²) in [6, 6.07) is 8.13. The van der Waals surface area contributed by atoms with Gasteiger partial charge in [-0.25, -0.2) is 9.97 Å². The van der Waals surface area contributed by atoms with E-state index in [-0.39, 0.29) is 11.1 Å². The smallest absolute Gasteiger partial charge is 0.264 e. The van der Waals surface area contributed by atoms with Crippen molar-refractivity contribution in [3.8, 4) is 0 Å². The molecule has 7 aromatic heterocycles. The van der Waals surface area contributed by atoms with Crippen molar-refractivity contribution in [2.75, 3.05) is 0 Å². The average Bonchev–Trinajstić information content (AvgIpc) is 3.97. The molecule has 0 fully saturated rings. The molecule has 0 aliphatic heterocycles. The Morgan fingerprint density at radius 1 is 0.491 bits per heavy atom. The van der Waals surface area contributed by atoms with Crippen LogP contribution in [0.2, 0.25) is 0 Å². The third kappa shape index (κ3) is 7.22. The van der Waals surface area contributed by atoms with Crippen molar-refractivity contribution in [2.24, 2.45) is 0 Å². The molecule has 1 aromatic carbocycles. The Kier molecular flexibility index (Phi) is 11.6. The Morgan fingerprint density at radius 2 is 0.849 bits per heavy atom. The molecular formula is C44H54N4O2S3. The van der Waals surface area contributed by atoms with Gasteiger partial charge in [-0.1, -0.05) is 129 Å². The number of aryl methyl sites for hydroxylation is 2. The van der Waals surface area contributed by atoms with Crippen LogP contribution in [0.25, 0.3) is 62.9 Å². The largest absolute Gasteiger partial charge is 0.268 e. The second-order valence-electron chi connectivity index (χ2n) is 15.5. The Balaban J connectivity index is 1.00. The molecule has 0 bridgehead atoms. The zero-order valence-electron chi connectivity index (χ0n) is 31.7. The minimum absolute atomic E-state index is 0.0480. The lowest BCUT2D eigenvalue weighted by Gasteiger charge is -2.04. The highest BCUT2D eigenvalue weighted by Gasteiger charge is 2.26. The van der Waals surface area contributed by atoms with Crippen molar-refractivity contribution in [1.29, 1.82) is 0 Å². The van der Waals surface area contributed by atoms with Gasteiger partial charge in [-0.2, -0.15) is 0 Å². The Labute approximate surface area is 323 Å². The van der Waals surface area contributed by atoms with Crippen molar-refractivity contribution in [3.05, 3.63) is 54.7 Å². The molecular weight excluding hydrogens is 713 g/mol. The third-order valence-electron chi connectivity index (χ3n) is 11.5. The number of aromatic nitrogens is 4. The minimum Gasteiger partial charge on any atom is -0.268 e. The number of unbranched alkanes of at least 4 members (excludes halogenated alkanes) is 18. The standard InChI is InChI=1S/C44H54N4O2S3/c1-3-5-7-9-11-13-15-17-19-21-23-29-27-33-41(51-29)45-39-37-35-31(43(49)47(33)39)25-26-32-36(35)38(53-37)40-46-42-34(48(40)44(32)50)28-30(52-42)24-22-20-18-16-14-12-10-8-6-4-2/h25-28H,3-24H2,1-2H3. The fraction of sp³-hybridized carbons (Fsp3) is 0.545. The first-order valence-corrected chi connectivity index (χ1v) is 23.3. The van der Waals surface area contributed by atoms with Gasteiger partial charge in [0.15, 0.2) is 11.3 Å². The molecule has 8 aromatic rings. The van der Waals surface area contributed by atoms with Crippen molar-refractivity contribution in [2.45, 2.75) is 155 Å². The van der Waals surface area contributed by atoms with Gasteiger partial charge in [0.05, 0.1) is 20.4 Å². The highest BCUT2D eigenvalue weighted by molar-refractivity contribution is 7.27. The zero-order valence-corrected chi connectivity index (χ0v) is 34.1. The van der Waals surface area contributed by atoms with Crippen LogP contribution < -0.4 is 11.1 Å². The van der Waals surface area contributed by atoms with E-state index < -0.39 is 0 Å². The first-order valence-electron chi connectivity index (χ1n) is 20.8. The van der Waals surface area contributed by atoms with Gasteiger partial charge in [-0.05, 0) is 49.9 Å². The molecule has 0 amide bonds. The first kappa shape index (κ1) is 36.8. The molecule has 8 rings (SSSR count). The monoisotopic (exact) mass is 766 g/mol. The molecule has 0 N–H and O–H groups in total. The average molecular weight is 767 g/mol. The van der Waals surface area contributed by atoms with Crippen LogP contribution >= 0.6 is 34.0 Å². The van der Waals surface area contributed by atoms with Crippen LogP contribution in [0, 0.1) is 0 Å². The summed E-state index contributed by atoms with van der Waals surface area (Å²) in [4.78, 5) is 42.9. The van der Waals surface area contributed by atoms with Crippen LogP contribution in [0.4, 0.5) is 0 Å². The van der Waals surface area contributed by atoms with Crippen molar-refractivity contribution < 1.29 is 0 Å². The van der Waals surface area contributed by atoms with E-state index in [1.54, 1.807) is 34.0 Å². The van der Waals surface area contributed by atoms with E-state index in [9.17, 15) is 9.59 Å². The van der Waals surface area contributed by atoms with Gasteiger partial charge in [0.2, 0.25) is 0 Å². The van der Waals surface area contributed by atoms with E-state index in [0.717, 1.165) is 53.7 Å². The number of rotatable bonds is 22. The van der Waals surface area contributed by atoms with Crippen LogP contribution in [0.5, 0.6) is 0 Å². The molecule has 0 saturated carbocycles. The summed E-state index contributed by atoms with van der Waals surface area (Å²) < 4.78 is 5.60. The fourth-order valence-electron chi connectivity index (χ4n) is 8.57. The van der Waals surface area contributed by atoms with E-state index in [1.165, 1.54) is 138 Å². The quantitative estimate of drug-likeness (QED) is 0.0509. The molecule has 53 heavy (non-hydrogen) atoms. The topological polar surface area (TPSA) is 68.7 Å². The third-order valence-corrected chi connectivity index (χ3v) is 14.8. The van der Waals surface area contributed by atoms with E-state index in [2.05, 4.69) is 26.0 Å². The molecule has 6 nitrogen and oxygen atoms in total. The molecule has 9 heteroatoms. The maximum atomic E-state index is 14.1. The Hall–Kier alpha value is -3.14. The number of hydrogen-bond acceptors (Lipinski definition) is 7. The summed E-state index contributed by atoms with van der Waals surface area (Å²) in [5.41, 5.74) is 3.15. The second-order valence-corrected chi connectivity index (χ2v) is 18.7. The molecule has 0 aliphatic rings. The normalized spacial score (nSPS) is 12.6. The van der Waals surface area contributed by atoms with Crippen molar-refractivity contribution in [3.63, 3.8) is 0 Å². The molecule has 7 heterocycles. The van der Waals surface area contributed by atoms with Gasteiger partial charge in [0, 0.05) is 31.3 Å². The van der Waals surface area contributed by atoms with Crippen LogP contribution in [-0.2, 0) is 12.8 Å². The van der Waals surface area contributed by atoms with Crippen molar-refractivity contribution >= 4 is 96.9 Å². The molecule has 280 valence electrons. The first-order chi connectivity index (χ1) is 26.1. The highest BCUT2D eigenvalue weighted by Crippen LogP contribution is 2.44. The summed E-state index contributed by atoms with van der Waals surface area (Å²) in [6.07, 6.45) is 28.6. The van der Waals surface area contributed by atoms with Crippen LogP contribution in [0.3, 0.4) is 0 Å². The second kappa shape index (κ2) is 16.7. The van der Waals surface area contributed by atoms with E-state index >= 15 is 0 Å². The summed E-state index contributed by atoms with van der Waals surface area (Å²) in [6.45, 7) is 4.55. The van der Waals surface area contributed by atoms with Crippen LogP contribution in [0.1, 0.15) is 152 Å². The van der Waals surface area contributed by atoms with Gasteiger partial charge < -0.3 is 0 Å². The lowest BCUT2D eigenvalue weighted by molar-refractivity contribution is 0.557. The lowest BCUT2D eigenvalue weighted by Crippen LogP contribution is -2.15.